The van der Waals surface area contributed by atoms with Gasteiger partial charge in [0.15, 0.2) is 0 Å². The molecule has 0 aliphatic rings. The van der Waals surface area contributed by atoms with Crippen molar-refractivity contribution >= 4 is 22.6 Å². The van der Waals surface area contributed by atoms with Gasteiger partial charge in [0.25, 0.3) is 0 Å². The lowest BCUT2D eigenvalue weighted by molar-refractivity contribution is 0.180. The van der Waals surface area contributed by atoms with Crippen LogP contribution in [0.3, 0.4) is 0 Å². The van der Waals surface area contributed by atoms with Gasteiger partial charge in [-0.15, -0.1) is 0 Å². The van der Waals surface area contributed by atoms with Crippen molar-refractivity contribution in [2.24, 2.45) is 0 Å². The summed E-state index contributed by atoms with van der Waals surface area (Å²) in [4.78, 5) is 8.57. The molecule has 0 spiro atoms. The average Bonchev–Trinajstić information content (AvgIpc) is 2.49. The summed E-state index contributed by atoms with van der Waals surface area (Å²) in [7, 11) is 0. The highest BCUT2D eigenvalue weighted by molar-refractivity contribution is 6.30. The van der Waals surface area contributed by atoms with E-state index in [1.165, 1.54) is 0 Å². The fourth-order valence-corrected chi connectivity index (χ4v) is 2.36. The van der Waals surface area contributed by atoms with Gasteiger partial charge >= 0.3 is 0 Å². The molecule has 0 aliphatic heterocycles. The highest BCUT2D eigenvalue weighted by Crippen LogP contribution is 2.24. The Labute approximate surface area is 121 Å². The van der Waals surface area contributed by atoms with E-state index in [-0.39, 0.29) is 0 Å². The first-order valence-electron chi connectivity index (χ1n) is 6.36. The molecule has 1 atom stereocenters. The van der Waals surface area contributed by atoms with Gasteiger partial charge in [0, 0.05) is 29.4 Å². The zero-order chi connectivity index (χ0) is 13.9. The fraction of sp³-hybridized carbons (Fsp3) is 0.125. The van der Waals surface area contributed by atoms with Crippen LogP contribution in [0, 0.1) is 0 Å². The number of halogens is 1. The molecule has 1 unspecified atom stereocenters. The van der Waals surface area contributed by atoms with E-state index in [0.29, 0.717) is 11.4 Å². The lowest BCUT2D eigenvalue weighted by Crippen LogP contribution is -2.03. The number of rotatable bonds is 3. The molecule has 2 aromatic carbocycles. The second-order valence-corrected chi connectivity index (χ2v) is 5.05. The molecule has 4 heteroatoms. The van der Waals surface area contributed by atoms with Gasteiger partial charge in [-0.3, -0.25) is 9.97 Å². The van der Waals surface area contributed by atoms with E-state index in [1.807, 2.05) is 42.5 Å². The normalized spacial score (nSPS) is 12.5. The zero-order valence-corrected chi connectivity index (χ0v) is 11.5. The van der Waals surface area contributed by atoms with Crippen LogP contribution in [0.4, 0.5) is 0 Å². The maximum absolute atomic E-state index is 10.4. The van der Waals surface area contributed by atoms with E-state index in [4.69, 9.17) is 11.6 Å². The van der Waals surface area contributed by atoms with Crippen molar-refractivity contribution in [2.45, 2.75) is 12.5 Å². The minimum atomic E-state index is -0.614. The maximum atomic E-state index is 10.4. The molecule has 3 aromatic rings. The lowest BCUT2D eigenvalue weighted by atomic mass is 10.00. The summed E-state index contributed by atoms with van der Waals surface area (Å²) in [5.74, 6) is 0. The summed E-state index contributed by atoms with van der Waals surface area (Å²) in [6.07, 6.45) is 3.20. The highest BCUT2D eigenvalue weighted by atomic mass is 35.5. The van der Waals surface area contributed by atoms with Crippen LogP contribution in [0.15, 0.2) is 54.9 Å². The summed E-state index contributed by atoms with van der Waals surface area (Å²) < 4.78 is 0. The third kappa shape index (κ3) is 2.64. The van der Waals surface area contributed by atoms with Crippen molar-refractivity contribution in [3.8, 4) is 0 Å². The molecule has 0 bridgehead atoms. The van der Waals surface area contributed by atoms with E-state index in [0.717, 1.165) is 22.2 Å². The van der Waals surface area contributed by atoms with Gasteiger partial charge in [0.05, 0.1) is 17.1 Å². The van der Waals surface area contributed by atoms with Crippen molar-refractivity contribution in [3.05, 3.63) is 71.0 Å². The molecule has 0 saturated heterocycles. The lowest BCUT2D eigenvalue weighted by Gasteiger charge is -2.13. The van der Waals surface area contributed by atoms with E-state index in [9.17, 15) is 5.11 Å². The van der Waals surface area contributed by atoms with Crippen molar-refractivity contribution in [2.75, 3.05) is 0 Å². The van der Waals surface area contributed by atoms with Gasteiger partial charge in [-0.2, -0.15) is 0 Å². The number of aromatic nitrogens is 2. The Morgan fingerprint density at radius 2 is 1.75 bits per heavy atom. The monoisotopic (exact) mass is 284 g/mol. The van der Waals surface area contributed by atoms with Crippen LogP contribution in [0.5, 0.6) is 0 Å². The van der Waals surface area contributed by atoms with E-state index < -0.39 is 6.10 Å². The predicted octanol–water partition coefficient (Wildman–Crippen LogP) is 3.56. The summed E-state index contributed by atoms with van der Waals surface area (Å²) >= 11 is 5.86. The second kappa shape index (κ2) is 5.57. The zero-order valence-electron chi connectivity index (χ0n) is 10.7. The summed E-state index contributed by atoms with van der Waals surface area (Å²) in [6.45, 7) is 0. The van der Waals surface area contributed by atoms with E-state index >= 15 is 0 Å². The Bertz CT molecular complexity index is 723. The minimum absolute atomic E-state index is 0.521. The first kappa shape index (κ1) is 13.0. The van der Waals surface area contributed by atoms with E-state index in [2.05, 4.69) is 9.97 Å². The molecule has 0 aliphatic carbocycles. The molecular formula is C16H13ClN2O. The number of fused-ring (bicyclic) bond motifs is 1. The van der Waals surface area contributed by atoms with Crippen molar-refractivity contribution < 1.29 is 5.11 Å². The standard InChI is InChI=1S/C16H13ClN2O/c17-12-6-4-11(5-7-12)10-15(20)13-2-1-3-14-16(13)19-9-8-18-14/h1-9,15,20H,10H2. The Hall–Kier alpha value is -1.97. The topological polar surface area (TPSA) is 46.0 Å². The second-order valence-electron chi connectivity index (χ2n) is 4.62. The molecule has 1 aromatic heterocycles. The number of benzene rings is 2. The van der Waals surface area contributed by atoms with Gasteiger partial charge in [0.1, 0.15) is 0 Å². The summed E-state index contributed by atoms with van der Waals surface area (Å²) in [5.41, 5.74) is 3.37. The van der Waals surface area contributed by atoms with Crippen LogP contribution in [-0.4, -0.2) is 15.1 Å². The van der Waals surface area contributed by atoms with Gasteiger partial charge in [-0.1, -0.05) is 35.9 Å². The van der Waals surface area contributed by atoms with Gasteiger partial charge in [-0.05, 0) is 23.8 Å². The molecule has 0 saturated carbocycles. The third-order valence-electron chi connectivity index (χ3n) is 3.23. The Kier molecular flexibility index (Phi) is 3.63. The number of hydrogen-bond acceptors (Lipinski definition) is 3. The quantitative estimate of drug-likeness (QED) is 0.800. The average molecular weight is 285 g/mol. The van der Waals surface area contributed by atoms with Crippen LogP contribution in [0.2, 0.25) is 5.02 Å². The summed E-state index contributed by atoms with van der Waals surface area (Å²) in [6, 6.07) is 13.2. The number of aliphatic hydroxyl groups is 1. The molecular weight excluding hydrogens is 272 g/mol. The maximum Gasteiger partial charge on any atom is 0.0944 e. The van der Waals surface area contributed by atoms with Crippen molar-refractivity contribution in [1.82, 2.24) is 9.97 Å². The fourth-order valence-electron chi connectivity index (χ4n) is 2.24. The third-order valence-corrected chi connectivity index (χ3v) is 3.48. The summed E-state index contributed by atoms with van der Waals surface area (Å²) in [5, 5.41) is 11.1. The van der Waals surface area contributed by atoms with Gasteiger partial charge in [-0.25, -0.2) is 0 Å². The molecule has 0 fully saturated rings. The van der Waals surface area contributed by atoms with Crippen LogP contribution < -0.4 is 0 Å². The molecule has 1 heterocycles. The Morgan fingerprint density at radius 1 is 1.00 bits per heavy atom. The van der Waals surface area contributed by atoms with Gasteiger partial charge in [0.2, 0.25) is 0 Å². The smallest absolute Gasteiger partial charge is 0.0944 e. The Morgan fingerprint density at radius 3 is 2.55 bits per heavy atom. The molecule has 1 N–H and O–H groups in total. The molecule has 3 rings (SSSR count). The predicted molar refractivity (Wildman–Crippen MR) is 79.7 cm³/mol. The molecule has 3 nitrogen and oxygen atoms in total. The van der Waals surface area contributed by atoms with Crippen LogP contribution in [0.25, 0.3) is 11.0 Å². The first-order valence-corrected chi connectivity index (χ1v) is 6.74. The molecule has 20 heavy (non-hydrogen) atoms. The number of para-hydroxylation sites is 1. The first-order chi connectivity index (χ1) is 9.74. The van der Waals surface area contributed by atoms with Gasteiger partial charge < -0.3 is 5.11 Å². The largest absolute Gasteiger partial charge is 0.388 e. The van der Waals surface area contributed by atoms with Crippen LogP contribution in [0.1, 0.15) is 17.2 Å². The minimum Gasteiger partial charge on any atom is -0.388 e. The molecule has 0 radical (unpaired) electrons. The Balaban J connectivity index is 1.92. The van der Waals surface area contributed by atoms with Crippen molar-refractivity contribution in [1.29, 1.82) is 0 Å². The number of aliphatic hydroxyl groups excluding tert-OH is 1. The highest BCUT2D eigenvalue weighted by Gasteiger charge is 2.13. The van der Waals surface area contributed by atoms with Crippen LogP contribution >= 0.6 is 11.6 Å². The number of nitrogens with zero attached hydrogens (tertiary/aromatic N) is 2. The SMILES string of the molecule is OC(Cc1ccc(Cl)cc1)c1cccc2nccnc12. The van der Waals surface area contributed by atoms with Crippen LogP contribution in [-0.2, 0) is 6.42 Å². The molecule has 100 valence electrons. The molecule has 0 amide bonds. The van der Waals surface area contributed by atoms with E-state index in [1.54, 1.807) is 12.4 Å². The number of hydrogen-bond donors (Lipinski definition) is 1. The van der Waals surface area contributed by atoms with Crippen molar-refractivity contribution in [3.63, 3.8) is 0 Å².